The van der Waals surface area contributed by atoms with E-state index in [9.17, 15) is 4.39 Å². The van der Waals surface area contributed by atoms with Crippen molar-refractivity contribution in [1.82, 2.24) is 24.8 Å². The zero-order valence-corrected chi connectivity index (χ0v) is 15.0. The average molecular weight is 375 g/mol. The molecule has 1 aliphatic rings. The molecule has 7 nitrogen and oxygen atoms in total. The number of halogens is 1. The van der Waals surface area contributed by atoms with E-state index in [1.165, 1.54) is 12.1 Å². The summed E-state index contributed by atoms with van der Waals surface area (Å²) in [7, 11) is 0. The molecule has 0 aliphatic carbocycles. The van der Waals surface area contributed by atoms with E-state index in [4.69, 9.17) is 0 Å². The van der Waals surface area contributed by atoms with E-state index in [-0.39, 0.29) is 11.9 Å². The van der Waals surface area contributed by atoms with Gasteiger partial charge in [0.1, 0.15) is 11.5 Å². The van der Waals surface area contributed by atoms with Crippen LogP contribution in [0.1, 0.15) is 24.6 Å². The summed E-state index contributed by atoms with van der Waals surface area (Å²) in [5.41, 5.74) is 3.35. The molecule has 1 saturated heterocycles. The van der Waals surface area contributed by atoms with Crippen molar-refractivity contribution >= 4 is 22.8 Å². The molecule has 4 heterocycles. The monoisotopic (exact) mass is 375 g/mol. The van der Waals surface area contributed by atoms with Gasteiger partial charge in [-0.3, -0.25) is 0 Å². The normalized spacial score (nSPS) is 16.6. The number of nitrogens with zero attached hydrogens (tertiary/aromatic N) is 6. The predicted molar refractivity (Wildman–Crippen MR) is 104 cm³/mol. The third kappa shape index (κ3) is 3.02. The van der Waals surface area contributed by atoms with Crippen molar-refractivity contribution in [3.05, 3.63) is 72.6 Å². The number of hydrogen-bond donors (Lipinski definition) is 1. The van der Waals surface area contributed by atoms with Gasteiger partial charge in [-0.2, -0.15) is 0 Å². The molecule has 0 radical (unpaired) electrons. The number of benzene rings is 1. The Morgan fingerprint density at radius 1 is 1.04 bits per heavy atom. The van der Waals surface area contributed by atoms with Gasteiger partial charge in [0, 0.05) is 24.6 Å². The fourth-order valence-electron chi connectivity index (χ4n) is 3.69. The van der Waals surface area contributed by atoms with Gasteiger partial charge in [-0.25, -0.2) is 18.9 Å². The first-order valence-electron chi connectivity index (χ1n) is 9.19. The number of aromatic nitrogens is 5. The van der Waals surface area contributed by atoms with Crippen LogP contribution >= 0.6 is 0 Å². The lowest BCUT2D eigenvalue weighted by molar-refractivity contribution is 0.628. The van der Waals surface area contributed by atoms with Gasteiger partial charge in [-0.1, -0.05) is 11.3 Å². The third-order valence-electron chi connectivity index (χ3n) is 4.93. The van der Waals surface area contributed by atoms with Crippen LogP contribution < -0.4 is 10.2 Å². The highest BCUT2D eigenvalue weighted by atomic mass is 19.1. The summed E-state index contributed by atoms with van der Waals surface area (Å²) >= 11 is 0. The van der Waals surface area contributed by atoms with E-state index in [0.29, 0.717) is 5.69 Å². The van der Waals surface area contributed by atoms with Crippen LogP contribution in [0.3, 0.4) is 0 Å². The zero-order chi connectivity index (χ0) is 18.9. The maximum Gasteiger partial charge on any atom is 0.225 e. The fraction of sp³-hybridized carbons (Fsp3) is 0.200. The zero-order valence-electron chi connectivity index (χ0n) is 15.0. The lowest BCUT2D eigenvalue weighted by Crippen LogP contribution is -2.24. The standard InChI is InChI=1S/C20H18FN7/c21-14-4-1-5-15(12-14)24-16-7-8-18-19(25-26-28(18)13-16)17-6-2-11-27(17)20-22-9-3-10-23-20/h1,3-5,7-10,12-13,17,24H,2,6,11H2/t17-/m0/s1. The fourth-order valence-corrected chi connectivity index (χ4v) is 3.69. The molecule has 1 atom stereocenters. The Balaban J connectivity index is 1.45. The van der Waals surface area contributed by atoms with Crippen LogP contribution in [-0.2, 0) is 0 Å². The first-order valence-corrected chi connectivity index (χ1v) is 9.19. The van der Waals surface area contributed by atoms with Gasteiger partial charge in [-0.15, -0.1) is 5.10 Å². The van der Waals surface area contributed by atoms with Gasteiger partial charge >= 0.3 is 0 Å². The molecular weight excluding hydrogens is 357 g/mol. The van der Waals surface area contributed by atoms with E-state index in [1.807, 2.05) is 30.5 Å². The second-order valence-electron chi connectivity index (χ2n) is 6.76. The smallest absolute Gasteiger partial charge is 0.225 e. The minimum Gasteiger partial charge on any atom is -0.354 e. The summed E-state index contributed by atoms with van der Waals surface area (Å²) in [5, 5.41) is 11.9. The highest BCUT2D eigenvalue weighted by molar-refractivity contribution is 5.63. The Bertz CT molecular complexity index is 1110. The van der Waals surface area contributed by atoms with Crippen molar-refractivity contribution in [1.29, 1.82) is 0 Å². The Morgan fingerprint density at radius 3 is 2.79 bits per heavy atom. The maximum atomic E-state index is 13.4. The van der Waals surface area contributed by atoms with Crippen LogP contribution in [0, 0.1) is 5.82 Å². The lowest BCUT2D eigenvalue weighted by atomic mass is 10.1. The molecular formula is C20H18FN7. The maximum absolute atomic E-state index is 13.4. The predicted octanol–water partition coefficient (Wildman–Crippen LogP) is 3.74. The van der Waals surface area contributed by atoms with Gasteiger partial charge in [0.25, 0.3) is 0 Å². The molecule has 28 heavy (non-hydrogen) atoms. The Morgan fingerprint density at radius 2 is 1.93 bits per heavy atom. The van der Waals surface area contributed by atoms with E-state index in [2.05, 4.69) is 30.5 Å². The molecule has 0 spiro atoms. The SMILES string of the molecule is Fc1cccc(Nc2ccc3c([C@@H]4CCCN4c4ncccn4)nnn3c2)c1. The van der Waals surface area contributed by atoms with Crippen LogP contribution in [0.5, 0.6) is 0 Å². The first-order chi connectivity index (χ1) is 13.8. The second kappa shape index (κ2) is 6.88. The van der Waals surface area contributed by atoms with Gasteiger partial charge in [-0.05, 0) is 49.2 Å². The summed E-state index contributed by atoms with van der Waals surface area (Å²) in [5.74, 6) is 0.439. The van der Waals surface area contributed by atoms with Crippen molar-refractivity contribution in [2.24, 2.45) is 0 Å². The molecule has 0 saturated carbocycles. The van der Waals surface area contributed by atoms with Crippen molar-refractivity contribution < 1.29 is 4.39 Å². The summed E-state index contributed by atoms with van der Waals surface area (Å²) in [6, 6.07) is 12.2. The Hall–Kier alpha value is -3.55. The molecule has 0 amide bonds. The number of nitrogens with one attached hydrogen (secondary N) is 1. The van der Waals surface area contributed by atoms with Crippen molar-refractivity contribution in [2.45, 2.75) is 18.9 Å². The van der Waals surface area contributed by atoms with Crippen LogP contribution in [0.25, 0.3) is 5.52 Å². The first kappa shape index (κ1) is 16.6. The van der Waals surface area contributed by atoms with Crippen molar-refractivity contribution in [3.63, 3.8) is 0 Å². The summed E-state index contributed by atoms with van der Waals surface area (Å²) in [4.78, 5) is 11.0. The molecule has 3 aromatic heterocycles. The molecule has 1 aliphatic heterocycles. The molecule has 5 rings (SSSR count). The van der Waals surface area contributed by atoms with Gasteiger partial charge in [0.15, 0.2) is 0 Å². The largest absolute Gasteiger partial charge is 0.354 e. The summed E-state index contributed by atoms with van der Waals surface area (Å²) < 4.78 is 15.1. The van der Waals surface area contributed by atoms with E-state index >= 15 is 0 Å². The molecule has 1 N–H and O–H groups in total. The molecule has 0 bridgehead atoms. The van der Waals surface area contributed by atoms with Crippen LogP contribution in [0.2, 0.25) is 0 Å². The molecule has 4 aromatic rings. The van der Waals surface area contributed by atoms with Crippen LogP contribution in [0.15, 0.2) is 61.1 Å². The molecule has 1 fully saturated rings. The quantitative estimate of drug-likeness (QED) is 0.586. The highest BCUT2D eigenvalue weighted by Crippen LogP contribution is 2.35. The Kier molecular flexibility index (Phi) is 4.08. The van der Waals surface area contributed by atoms with Crippen LogP contribution in [-0.4, -0.2) is 31.3 Å². The van der Waals surface area contributed by atoms with Crippen LogP contribution in [0.4, 0.5) is 21.7 Å². The van der Waals surface area contributed by atoms with E-state index in [1.54, 1.807) is 23.0 Å². The molecule has 0 unspecified atom stereocenters. The van der Waals surface area contributed by atoms with E-state index in [0.717, 1.165) is 42.2 Å². The summed E-state index contributed by atoms with van der Waals surface area (Å²) in [6.07, 6.45) is 7.41. The topological polar surface area (TPSA) is 71.2 Å². The minimum absolute atomic E-state index is 0.0990. The van der Waals surface area contributed by atoms with Gasteiger partial charge < -0.3 is 10.2 Å². The summed E-state index contributed by atoms with van der Waals surface area (Å²) in [6.45, 7) is 0.896. The minimum atomic E-state index is -0.279. The number of pyridine rings is 1. The number of fused-ring (bicyclic) bond motifs is 1. The molecule has 140 valence electrons. The van der Waals surface area contributed by atoms with Crippen molar-refractivity contribution in [2.75, 3.05) is 16.8 Å². The number of anilines is 3. The molecule has 8 heteroatoms. The third-order valence-corrected chi connectivity index (χ3v) is 4.93. The highest BCUT2D eigenvalue weighted by Gasteiger charge is 2.31. The lowest BCUT2D eigenvalue weighted by Gasteiger charge is -2.22. The molecule has 1 aromatic carbocycles. The average Bonchev–Trinajstić information content (AvgIpc) is 3.35. The number of rotatable bonds is 4. The number of hydrogen-bond acceptors (Lipinski definition) is 6. The van der Waals surface area contributed by atoms with Crippen molar-refractivity contribution in [3.8, 4) is 0 Å². The Labute approximate surface area is 160 Å². The van der Waals surface area contributed by atoms with E-state index < -0.39 is 0 Å². The second-order valence-corrected chi connectivity index (χ2v) is 6.76. The van der Waals surface area contributed by atoms with Gasteiger partial charge in [0.05, 0.1) is 23.4 Å². The van der Waals surface area contributed by atoms with Gasteiger partial charge in [0.2, 0.25) is 5.95 Å².